The van der Waals surface area contributed by atoms with E-state index >= 15 is 0 Å². The number of nitrogens with two attached hydrogens (primary N) is 1. The van der Waals surface area contributed by atoms with Gasteiger partial charge in [-0.15, -0.1) is 0 Å². The van der Waals surface area contributed by atoms with Crippen LogP contribution in [-0.2, 0) is 18.3 Å². The van der Waals surface area contributed by atoms with Crippen molar-refractivity contribution in [1.82, 2.24) is 0 Å². The van der Waals surface area contributed by atoms with Crippen LogP contribution in [0.4, 0.5) is 0 Å². The maximum atomic E-state index is 11.4. The number of phosphoric acid groups is 1. The Kier molecular flexibility index (Phi) is 23.8. The molecule has 0 aliphatic carbocycles. The van der Waals surface area contributed by atoms with Crippen LogP contribution in [0.15, 0.2) is 36.5 Å². The van der Waals surface area contributed by atoms with Gasteiger partial charge in [-0.1, -0.05) is 81.9 Å². The second kappa shape index (κ2) is 24.3. The van der Waals surface area contributed by atoms with Crippen LogP contribution in [-0.4, -0.2) is 49.1 Å². The molecular weight excluding hydrogens is 441 g/mol. The molecule has 0 radical (unpaired) electrons. The molecule has 0 heterocycles. The second-order valence-electron chi connectivity index (χ2n) is 8.03. The molecular formula is C25H48NO6P. The molecule has 0 saturated carbocycles. The lowest BCUT2D eigenvalue weighted by atomic mass is 10.1. The quantitative estimate of drug-likeness (QED) is 0.0889. The van der Waals surface area contributed by atoms with E-state index in [0.717, 1.165) is 32.1 Å². The van der Waals surface area contributed by atoms with Gasteiger partial charge in [-0.3, -0.25) is 9.05 Å². The average molecular weight is 490 g/mol. The smallest absolute Gasteiger partial charge is 0.388 e. The first-order valence-corrected chi connectivity index (χ1v) is 14.0. The molecule has 4 N–H and O–H groups in total. The Labute approximate surface area is 201 Å². The molecule has 7 nitrogen and oxygen atoms in total. The maximum Gasteiger partial charge on any atom is 0.472 e. The number of aliphatic hydroxyl groups is 1. The van der Waals surface area contributed by atoms with E-state index in [4.69, 9.17) is 10.5 Å². The lowest BCUT2D eigenvalue weighted by Gasteiger charge is -2.15. The number of rotatable bonds is 24. The Morgan fingerprint density at radius 2 is 1.36 bits per heavy atom. The van der Waals surface area contributed by atoms with Crippen LogP contribution < -0.4 is 5.73 Å². The van der Waals surface area contributed by atoms with E-state index in [9.17, 15) is 14.6 Å². The Morgan fingerprint density at radius 3 is 2.00 bits per heavy atom. The third-order valence-corrected chi connectivity index (χ3v) is 5.79. The zero-order valence-corrected chi connectivity index (χ0v) is 21.5. The maximum absolute atomic E-state index is 11.4. The number of ether oxygens (including phenoxy) is 1. The molecule has 0 rings (SSSR count). The van der Waals surface area contributed by atoms with Gasteiger partial charge in [0, 0.05) is 13.2 Å². The van der Waals surface area contributed by atoms with E-state index in [1.54, 1.807) is 0 Å². The van der Waals surface area contributed by atoms with Crippen LogP contribution in [0, 0.1) is 0 Å². The molecule has 0 amide bonds. The highest BCUT2D eigenvalue weighted by Crippen LogP contribution is 2.42. The molecule has 8 heteroatoms. The zero-order chi connectivity index (χ0) is 24.5. The van der Waals surface area contributed by atoms with Crippen LogP contribution >= 0.6 is 7.82 Å². The predicted molar refractivity (Wildman–Crippen MR) is 136 cm³/mol. The molecule has 0 aliphatic heterocycles. The minimum absolute atomic E-state index is 0.0674. The van der Waals surface area contributed by atoms with Crippen LogP contribution in [0.2, 0.25) is 0 Å². The zero-order valence-electron chi connectivity index (χ0n) is 20.6. The number of allylic oxidation sites excluding steroid dienone is 6. The summed E-state index contributed by atoms with van der Waals surface area (Å²) in [5.74, 6) is 0. The minimum atomic E-state index is -4.15. The fraction of sp³-hybridized carbons (Fsp3) is 0.760. The highest BCUT2D eigenvalue weighted by molar-refractivity contribution is 7.47. The van der Waals surface area contributed by atoms with Gasteiger partial charge in [0.2, 0.25) is 0 Å². The van der Waals surface area contributed by atoms with Gasteiger partial charge in [-0.25, -0.2) is 4.57 Å². The van der Waals surface area contributed by atoms with Gasteiger partial charge in [0.25, 0.3) is 0 Å². The molecule has 0 fully saturated rings. The summed E-state index contributed by atoms with van der Waals surface area (Å²) in [6, 6.07) is 0. The van der Waals surface area contributed by atoms with Gasteiger partial charge in [-0.2, -0.15) is 0 Å². The normalized spacial score (nSPS) is 15.2. The molecule has 0 aliphatic rings. The molecule has 194 valence electrons. The molecule has 0 spiro atoms. The number of phosphoric ester groups is 1. The van der Waals surface area contributed by atoms with Crippen molar-refractivity contribution in [2.24, 2.45) is 5.73 Å². The van der Waals surface area contributed by atoms with E-state index < -0.39 is 13.9 Å². The molecule has 0 bridgehead atoms. The predicted octanol–water partition coefficient (Wildman–Crippen LogP) is 5.83. The summed E-state index contributed by atoms with van der Waals surface area (Å²) in [6.45, 7) is 2.51. The first kappa shape index (κ1) is 32.2. The number of unbranched alkanes of at least 4 members (excludes halogenated alkanes) is 8. The standard InChI is InChI=1S/C25H48NO6P/c1-2-3-4-5-6-7-8-9-10-11-12-13-14-15-16-17-18-19-21-30-23-25(27)24-32-33(28,29)31-22-20-26/h3-4,6-7,9-10,25,27H,2,5,8,11-24,26H2,1H3,(H,28,29)/b4-3-,7-6-,10-9-. The largest absolute Gasteiger partial charge is 0.472 e. The van der Waals surface area contributed by atoms with Gasteiger partial charge in [-0.05, 0) is 38.5 Å². The summed E-state index contributed by atoms with van der Waals surface area (Å²) < 4.78 is 26.1. The minimum Gasteiger partial charge on any atom is -0.388 e. The van der Waals surface area contributed by atoms with Crippen molar-refractivity contribution in [3.63, 3.8) is 0 Å². The molecule has 0 aromatic carbocycles. The highest BCUT2D eigenvalue weighted by Gasteiger charge is 2.22. The lowest BCUT2D eigenvalue weighted by molar-refractivity contribution is 0.00230. The van der Waals surface area contributed by atoms with Crippen LogP contribution in [0.25, 0.3) is 0 Å². The van der Waals surface area contributed by atoms with E-state index in [-0.39, 0.29) is 26.4 Å². The van der Waals surface area contributed by atoms with E-state index in [1.165, 1.54) is 44.9 Å². The van der Waals surface area contributed by atoms with Crippen LogP contribution in [0.3, 0.4) is 0 Å². The lowest BCUT2D eigenvalue weighted by Crippen LogP contribution is -2.22. The summed E-state index contributed by atoms with van der Waals surface area (Å²) in [5, 5.41) is 9.72. The van der Waals surface area contributed by atoms with Crippen molar-refractivity contribution >= 4 is 7.82 Å². The molecule has 2 unspecified atom stereocenters. The Bertz CT molecular complexity index is 553. The van der Waals surface area contributed by atoms with Crippen molar-refractivity contribution in [3.05, 3.63) is 36.5 Å². The summed E-state index contributed by atoms with van der Waals surface area (Å²) >= 11 is 0. The van der Waals surface area contributed by atoms with E-state index in [1.807, 2.05) is 0 Å². The SMILES string of the molecule is CC/C=C\C/C=C\C/C=C\CCCCCCCCCCOCC(O)COP(=O)(O)OCCN. The third kappa shape index (κ3) is 25.7. The van der Waals surface area contributed by atoms with Crippen molar-refractivity contribution in [2.45, 2.75) is 90.1 Å². The van der Waals surface area contributed by atoms with Crippen molar-refractivity contribution in [1.29, 1.82) is 0 Å². The van der Waals surface area contributed by atoms with Crippen molar-refractivity contribution in [3.8, 4) is 0 Å². The Hall–Kier alpha value is -0.790. The summed E-state index contributed by atoms with van der Waals surface area (Å²) in [5.41, 5.74) is 5.19. The fourth-order valence-corrected chi connectivity index (χ4v) is 3.78. The summed E-state index contributed by atoms with van der Waals surface area (Å²) in [7, 11) is -4.15. The first-order valence-electron chi connectivity index (χ1n) is 12.5. The average Bonchev–Trinajstić information content (AvgIpc) is 2.80. The molecule has 0 aromatic heterocycles. The van der Waals surface area contributed by atoms with Crippen molar-refractivity contribution < 1.29 is 28.3 Å². The van der Waals surface area contributed by atoms with Crippen molar-refractivity contribution in [2.75, 3.05) is 33.0 Å². The fourth-order valence-electron chi connectivity index (χ4n) is 3.01. The number of hydrogen-bond donors (Lipinski definition) is 3. The van der Waals surface area contributed by atoms with Crippen LogP contribution in [0.5, 0.6) is 0 Å². The van der Waals surface area contributed by atoms with E-state index in [0.29, 0.717) is 6.61 Å². The van der Waals surface area contributed by atoms with E-state index in [2.05, 4.69) is 52.4 Å². The Morgan fingerprint density at radius 1 is 0.788 bits per heavy atom. The van der Waals surface area contributed by atoms with Gasteiger partial charge in [0.05, 0.1) is 19.8 Å². The van der Waals surface area contributed by atoms with Gasteiger partial charge in [0.15, 0.2) is 0 Å². The second-order valence-corrected chi connectivity index (χ2v) is 9.48. The molecule has 0 aromatic rings. The first-order chi connectivity index (χ1) is 16.0. The number of hydrogen-bond acceptors (Lipinski definition) is 6. The summed E-state index contributed by atoms with van der Waals surface area (Å²) in [6.07, 6.45) is 26.4. The van der Waals surface area contributed by atoms with Gasteiger partial charge >= 0.3 is 7.82 Å². The Balaban J connectivity index is 3.36. The third-order valence-electron chi connectivity index (χ3n) is 4.80. The topological polar surface area (TPSA) is 111 Å². The molecule has 0 saturated heterocycles. The number of aliphatic hydroxyl groups excluding tert-OH is 1. The molecule has 2 atom stereocenters. The summed E-state index contributed by atoms with van der Waals surface area (Å²) in [4.78, 5) is 9.33. The highest BCUT2D eigenvalue weighted by atomic mass is 31.2. The van der Waals surface area contributed by atoms with Gasteiger partial charge < -0.3 is 20.5 Å². The van der Waals surface area contributed by atoms with Crippen LogP contribution in [0.1, 0.15) is 84.0 Å². The van der Waals surface area contributed by atoms with Gasteiger partial charge in [0.1, 0.15) is 6.10 Å². The monoisotopic (exact) mass is 489 g/mol. The molecule has 33 heavy (non-hydrogen) atoms.